The minimum atomic E-state index is -0.949. The third-order valence-electron chi connectivity index (χ3n) is 3.54. The summed E-state index contributed by atoms with van der Waals surface area (Å²) in [6.07, 6.45) is 0.935. The summed E-state index contributed by atoms with van der Waals surface area (Å²) in [5.74, 6) is -1.05. The van der Waals surface area contributed by atoms with Gasteiger partial charge in [0, 0.05) is 32.0 Å². The van der Waals surface area contributed by atoms with Crippen molar-refractivity contribution in [1.82, 2.24) is 9.55 Å². The highest BCUT2D eigenvalue weighted by atomic mass is 79.9. The van der Waals surface area contributed by atoms with Crippen molar-refractivity contribution in [3.8, 4) is 0 Å². The first kappa shape index (κ1) is 20.1. The van der Waals surface area contributed by atoms with Gasteiger partial charge in [-0.3, -0.25) is 24.8 Å². The monoisotopic (exact) mass is 431 g/mol. The van der Waals surface area contributed by atoms with E-state index in [0.717, 1.165) is 4.57 Å². The number of ether oxygens (including phenoxy) is 3. The Labute approximate surface area is 156 Å². The van der Waals surface area contributed by atoms with E-state index in [0.29, 0.717) is 5.56 Å². The minimum absolute atomic E-state index is 0.0315. The number of anilines is 1. The molecule has 0 amide bonds. The highest BCUT2D eigenvalue weighted by Gasteiger charge is 2.40. The predicted molar refractivity (Wildman–Crippen MR) is 92.6 cm³/mol. The van der Waals surface area contributed by atoms with E-state index in [1.807, 2.05) is 5.48 Å². The lowest BCUT2D eigenvalue weighted by Gasteiger charge is -2.21. The topological polar surface area (TPSA) is 129 Å². The van der Waals surface area contributed by atoms with Gasteiger partial charge in [-0.15, -0.1) is 0 Å². The van der Waals surface area contributed by atoms with Crippen LogP contribution in [0.2, 0.25) is 0 Å². The summed E-state index contributed by atoms with van der Waals surface area (Å²) in [6.45, 7) is 2.48. The highest BCUT2D eigenvalue weighted by Crippen LogP contribution is 2.31. The van der Waals surface area contributed by atoms with Crippen LogP contribution >= 0.6 is 15.9 Å². The average Bonchev–Trinajstić information content (AvgIpc) is 2.96. The Morgan fingerprint density at radius 2 is 2.23 bits per heavy atom. The molecule has 1 aliphatic heterocycles. The van der Waals surface area contributed by atoms with Crippen molar-refractivity contribution in [3.63, 3.8) is 0 Å². The number of carbonyl (C=O) groups excluding carboxylic acids is 2. The number of nitrogens with zero attached hydrogens (tertiary/aromatic N) is 2. The Morgan fingerprint density at radius 3 is 2.81 bits per heavy atom. The molecule has 11 heteroatoms. The number of esters is 2. The van der Waals surface area contributed by atoms with Crippen LogP contribution in [-0.2, 0) is 23.8 Å². The van der Waals surface area contributed by atoms with Gasteiger partial charge >= 0.3 is 17.6 Å². The average molecular weight is 432 g/mol. The van der Waals surface area contributed by atoms with Gasteiger partial charge in [0.2, 0.25) is 0 Å². The lowest BCUT2D eigenvalue weighted by atomic mass is 10.2. The maximum absolute atomic E-state index is 12.3. The molecule has 2 heterocycles. The second-order valence-corrected chi connectivity index (χ2v) is 6.00. The minimum Gasteiger partial charge on any atom is -0.463 e. The second kappa shape index (κ2) is 8.92. The number of carbonyl (C=O) groups is 2. The molecule has 3 atom stereocenters. The Bertz CT molecular complexity index is 764. The van der Waals surface area contributed by atoms with Crippen molar-refractivity contribution in [2.75, 3.05) is 12.1 Å². The van der Waals surface area contributed by atoms with Crippen LogP contribution < -0.4 is 11.2 Å². The first-order valence-electron chi connectivity index (χ1n) is 7.61. The zero-order valence-corrected chi connectivity index (χ0v) is 15.6. The van der Waals surface area contributed by atoms with E-state index in [9.17, 15) is 14.4 Å². The van der Waals surface area contributed by atoms with E-state index in [-0.39, 0.29) is 18.8 Å². The molecule has 10 nitrogen and oxygen atoms in total. The first-order chi connectivity index (χ1) is 12.3. The van der Waals surface area contributed by atoms with E-state index in [1.165, 1.54) is 25.0 Å². The Hall–Kier alpha value is -2.24. The normalized spacial score (nSPS) is 22.4. The van der Waals surface area contributed by atoms with Gasteiger partial charge < -0.3 is 14.2 Å². The molecule has 142 valence electrons. The fraction of sp³-hybridized carbons (Fsp3) is 0.467. The number of aromatic nitrogens is 2. The molecular formula is C15H18BrN3O7. The van der Waals surface area contributed by atoms with Gasteiger partial charge in [0.1, 0.15) is 12.7 Å². The largest absolute Gasteiger partial charge is 0.463 e. The summed E-state index contributed by atoms with van der Waals surface area (Å²) < 4.78 is 17.1. The molecule has 0 aromatic carbocycles. The smallest absolute Gasteiger partial charge is 0.351 e. The molecular weight excluding hydrogens is 414 g/mol. The summed E-state index contributed by atoms with van der Waals surface area (Å²) in [5.41, 5.74) is 1.51. The fourth-order valence-corrected chi connectivity index (χ4v) is 2.83. The third kappa shape index (κ3) is 4.90. The quantitative estimate of drug-likeness (QED) is 0.503. The number of hydrogen-bond donors (Lipinski definition) is 2. The summed E-state index contributed by atoms with van der Waals surface area (Å²) in [5, 5.41) is 9.10. The number of rotatable bonds is 6. The van der Waals surface area contributed by atoms with Crippen molar-refractivity contribution in [3.05, 3.63) is 27.2 Å². The number of hydrogen-bond acceptors (Lipinski definition) is 9. The molecule has 0 radical (unpaired) electrons. The van der Waals surface area contributed by atoms with E-state index < -0.39 is 36.1 Å². The molecule has 26 heavy (non-hydrogen) atoms. The van der Waals surface area contributed by atoms with Gasteiger partial charge in [-0.05, 0) is 11.1 Å². The maximum atomic E-state index is 12.3. The number of halogens is 1. The highest BCUT2D eigenvalue weighted by molar-refractivity contribution is 9.11. The second-order valence-electron chi connectivity index (χ2n) is 5.47. The lowest BCUT2D eigenvalue weighted by Crippen LogP contribution is -2.34. The van der Waals surface area contributed by atoms with Crippen LogP contribution in [0.5, 0.6) is 0 Å². The maximum Gasteiger partial charge on any atom is 0.351 e. The molecule has 1 saturated heterocycles. The van der Waals surface area contributed by atoms with E-state index in [4.69, 9.17) is 19.4 Å². The molecule has 0 saturated carbocycles. The van der Waals surface area contributed by atoms with E-state index >= 15 is 0 Å². The number of nitrogens with one attached hydrogen (secondary N) is 1. The molecule has 1 aromatic heterocycles. The van der Waals surface area contributed by atoms with Gasteiger partial charge in [-0.1, -0.05) is 15.9 Å². The summed E-state index contributed by atoms with van der Waals surface area (Å²) in [7, 11) is 0. The van der Waals surface area contributed by atoms with Crippen molar-refractivity contribution in [1.29, 1.82) is 0 Å². The molecule has 1 aliphatic rings. The van der Waals surface area contributed by atoms with Crippen LogP contribution in [0, 0.1) is 0 Å². The Kier molecular flexibility index (Phi) is 6.89. The fourth-order valence-electron chi connectivity index (χ4n) is 2.54. The lowest BCUT2D eigenvalue weighted by molar-refractivity contribution is -0.153. The predicted octanol–water partition coefficient (Wildman–Crippen LogP) is 1.19. The van der Waals surface area contributed by atoms with Crippen molar-refractivity contribution < 1.29 is 29.0 Å². The molecule has 2 N–H and O–H groups in total. The van der Waals surface area contributed by atoms with Crippen molar-refractivity contribution >= 4 is 39.8 Å². The molecule has 0 bridgehead atoms. The molecule has 1 fully saturated rings. The molecule has 0 spiro atoms. The van der Waals surface area contributed by atoms with Crippen LogP contribution in [-0.4, -0.2) is 45.5 Å². The van der Waals surface area contributed by atoms with E-state index in [2.05, 4.69) is 20.9 Å². The zero-order chi connectivity index (χ0) is 19.3. The molecule has 0 unspecified atom stereocenters. The van der Waals surface area contributed by atoms with Gasteiger partial charge in [0.05, 0.1) is 6.10 Å². The molecule has 0 aliphatic carbocycles. The van der Waals surface area contributed by atoms with Gasteiger partial charge in [-0.2, -0.15) is 4.98 Å². The van der Waals surface area contributed by atoms with Crippen molar-refractivity contribution in [2.45, 2.75) is 38.7 Å². The van der Waals surface area contributed by atoms with Crippen LogP contribution in [0.15, 0.2) is 16.0 Å². The van der Waals surface area contributed by atoms with E-state index in [1.54, 1.807) is 6.08 Å². The third-order valence-corrected chi connectivity index (χ3v) is 3.80. The Morgan fingerprint density at radius 1 is 1.50 bits per heavy atom. The Balaban J connectivity index is 2.35. The van der Waals surface area contributed by atoms with Crippen LogP contribution in [0.3, 0.4) is 0 Å². The summed E-state index contributed by atoms with van der Waals surface area (Å²) in [6, 6.07) is 0. The van der Waals surface area contributed by atoms with Crippen LogP contribution in [0.25, 0.3) is 6.08 Å². The summed E-state index contributed by atoms with van der Waals surface area (Å²) in [4.78, 5) is 39.9. The van der Waals surface area contributed by atoms with Crippen LogP contribution in [0.4, 0.5) is 5.82 Å². The zero-order valence-electron chi connectivity index (χ0n) is 14.0. The van der Waals surface area contributed by atoms with Gasteiger partial charge in [-0.25, -0.2) is 4.79 Å². The SMILES string of the molecule is CC(=O)OC[C@@H]1C[C@@H](OC(C)=O)[C@H](n2cc(/C=C/Br)c(NO)nc2=O)O1. The van der Waals surface area contributed by atoms with Gasteiger partial charge in [0.25, 0.3) is 0 Å². The molecule has 1 aromatic rings. The van der Waals surface area contributed by atoms with Gasteiger partial charge in [0.15, 0.2) is 12.0 Å². The van der Waals surface area contributed by atoms with Crippen molar-refractivity contribution in [2.24, 2.45) is 0 Å². The standard InChI is InChI=1S/C15H18BrN3O7/c1-8(20)24-7-11-5-12(25-9(2)21)14(26-11)19-6-10(3-4-16)13(18-23)17-15(19)22/h3-4,6,11-12,14,23H,5,7H2,1-2H3,(H,17,18,22)/b4-3+/t11-,12+,14+/m0/s1. The summed E-state index contributed by atoms with van der Waals surface area (Å²) >= 11 is 3.11. The van der Waals surface area contributed by atoms with Crippen LogP contribution in [0.1, 0.15) is 32.1 Å². The molecule has 2 rings (SSSR count). The first-order valence-corrected chi connectivity index (χ1v) is 8.53.